The fourth-order valence-corrected chi connectivity index (χ4v) is 7.05. The lowest BCUT2D eigenvalue weighted by Crippen LogP contribution is -2.55. The third-order valence-corrected chi connectivity index (χ3v) is 9.67. The average Bonchev–Trinajstić information content (AvgIpc) is 3.55. The lowest BCUT2D eigenvalue weighted by Gasteiger charge is -2.35. The van der Waals surface area contributed by atoms with E-state index in [2.05, 4.69) is 15.2 Å². The Morgan fingerprint density at radius 2 is 1.71 bits per heavy atom. The number of nitrogens with one attached hydrogen (secondary N) is 1. The summed E-state index contributed by atoms with van der Waals surface area (Å²) in [4.78, 5) is 49.6. The van der Waals surface area contributed by atoms with Crippen molar-refractivity contribution in [1.29, 1.82) is 0 Å². The molecule has 3 aliphatic heterocycles. The van der Waals surface area contributed by atoms with Gasteiger partial charge in [0.1, 0.15) is 0 Å². The molecule has 13 heteroatoms. The van der Waals surface area contributed by atoms with Crippen LogP contribution in [-0.4, -0.2) is 102 Å². The van der Waals surface area contributed by atoms with Crippen molar-refractivity contribution in [2.45, 2.75) is 52.3 Å². The molecule has 9 nitrogen and oxygen atoms in total. The summed E-state index contributed by atoms with van der Waals surface area (Å²) in [6.45, 7) is 9.76. The Kier molecular flexibility index (Phi) is 9.93. The zero-order valence-electron chi connectivity index (χ0n) is 25.9. The van der Waals surface area contributed by atoms with Crippen LogP contribution in [0.3, 0.4) is 0 Å². The van der Waals surface area contributed by atoms with E-state index < -0.39 is 24.2 Å². The summed E-state index contributed by atoms with van der Waals surface area (Å²) in [7, 11) is 0. The van der Waals surface area contributed by atoms with Crippen LogP contribution in [0, 0.1) is 32.6 Å². The standard InChI is InChI=1S/C32H40ClF3N6O3/c1-20-7-8-26(14-27(20)33)42(31(45)38-25-6-4-12-40(19-25)30(44)32(34,35)36)13-5-11-39-15-23-17-41(18-24(23)16-39)29(43)28-21(2)9-10-37-22(28)3/h7-10,14,23-25H,4-6,11-13,15-19H2,1-3H3,(H,38,45). The lowest BCUT2D eigenvalue weighted by atomic mass is 10.0. The normalized spacial score (nSPS) is 22.0. The van der Waals surface area contributed by atoms with E-state index in [-0.39, 0.29) is 19.0 Å². The van der Waals surface area contributed by atoms with Crippen LogP contribution >= 0.6 is 11.6 Å². The maximum atomic E-state index is 13.5. The van der Waals surface area contributed by atoms with Gasteiger partial charge in [-0.25, -0.2) is 4.79 Å². The van der Waals surface area contributed by atoms with Gasteiger partial charge in [0.25, 0.3) is 5.91 Å². The maximum absolute atomic E-state index is 13.5. The molecule has 0 spiro atoms. The van der Waals surface area contributed by atoms with Crippen molar-refractivity contribution in [3.05, 3.63) is 57.9 Å². The molecule has 0 bridgehead atoms. The van der Waals surface area contributed by atoms with E-state index in [0.717, 1.165) is 41.4 Å². The summed E-state index contributed by atoms with van der Waals surface area (Å²) < 4.78 is 39.0. The lowest BCUT2D eigenvalue weighted by molar-refractivity contribution is -0.186. The summed E-state index contributed by atoms with van der Waals surface area (Å²) in [5, 5.41) is 3.37. The molecular weight excluding hydrogens is 609 g/mol. The Balaban J connectivity index is 1.17. The molecule has 3 saturated heterocycles. The second kappa shape index (κ2) is 13.5. The van der Waals surface area contributed by atoms with E-state index in [1.165, 1.54) is 0 Å². The Morgan fingerprint density at radius 1 is 1.00 bits per heavy atom. The van der Waals surface area contributed by atoms with Crippen molar-refractivity contribution in [1.82, 2.24) is 25.0 Å². The van der Waals surface area contributed by atoms with Crippen LogP contribution in [0.1, 0.15) is 46.4 Å². The molecule has 1 aromatic carbocycles. The first-order valence-corrected chi connectivity index (χ1v) is 15.8. The number of rotatable bonds is 7. The molecule has 2 aromatic rings. The first-order chi connectivity index (χ1) is 21.3. The topological polar surface area (TPSA) is 89.1 Å². The van der Waals surface area contributed by atoms with Gasteiger partial charge in [-0.1, -0.05) is 17.7 Å². The summed E-state index contributed by atoms with van der Waals surface area (Å²) in [6, 6.07) is 6.18. The molecule has 3 atom stereocenters. The van der Waals surface area contributed by atoms with Gasteiger partial charge < -0.3 is 20.0 Å². The molecule has 0 saturated carbocycles. The van der Waals surface area contributed by atoms with Crippen LogP contribution in [0.15, 0.2) is 30.5 Å². The number of hydrogen-bond donors (Lipinski definition) is 1. The number of aryl methyl sites for hydroxylation is 3. The third-order valence-electron chi connectivity index (χ3n) is 9.26. The van der Waals surface area contributed by atoms with Crippen LogP contribution in [0.25, 0.3) is 0 Å². The summed E-state index contributed by atoms with van der Waals surface area (Å²) in [5.74, 6) is -1.07. The second-order valence-corrected chi connectivity index (χ2v) is 13.0. The third kappa shape index (κ3) is 7.54. The molecule has 4 heterocycles. The Labute approximate surface area is 266 Å². The smallest absolute Gasteiger partial charge is 0.338 e. The first kappa shape index (κ1) is 33.0. The number of pyridine rings is 1. The molecule has 5 rings (SSSR count). The molecule has 244 valence electrons. The molecule has 45 heavy (non-hydrogen) atoms. The highest BCUT2D eigenvalue weighted by Gasteiger charge is 2.44. The van der Waals surface area contributed by atoms with Crippen LogP contribution in [-0.2, 0) is 4.79 Å². The van der Waals surface area contributed by atoms with Gasteiger partial charge in [0.15, 0.2) is 0 Å². The molecule has 1 aromatic heterocycles. The zero-order valence-corrected chi connectivity index (χ0v) is 26.6. The number of piperidine rings is 1. The largest absolute Gasteiger partial charge is 0.471 e. The van der Waals surface area contributed by atoms with E-state index >= 15 is 0 Å². The van der Waals surface area contributed by atoms with Gasteiger partial charge in [0, 0.05) is 68.8 Å². The van der Waals surface area contributed by atoms with Crippen LogP contribution < -0.4 is 10.2 Å². The SMILES string of the molecule is Cc1ccc(N(CCCN2CC3CN(C(=O)c4c(C)ccnc4C)CC3C2)C(=O)NC2CCCN(C(=O)C(F)(F)F)C2)cc1Cl. The van der Waals surface area contributed by atoms with Crippen LogP contribution in [0.2, 0.25) is 5.02 Å². The maximum Gasteiger partial charge on any atom is 0.471 e. The van der Waals surface area contributed by atoms with Gasteiger partial charge in [-0.2, -0.15) is 13.2 Å². The molecule has 0 aliphatic carbocycles. The minimum atomic E-state index is -4.95. The highest BCUT2D eigenvalue weighted by Crippen LogP contribution is 2.33. The summed E-state index contributed by atoms with van der Waals surface area (Å²) >= 11 is 6.38. The minimum absolute atomic E-state index is 0.00842. The predicted molar refractivity (Wildman–Crippen MR) is 165 cm³/mol. The van der Waals surface area contributed by atoms with Crippen molar-refractivity contribution in [3.63, 3.8) is 0 Å². The monoisotopic (exact) mass is 648 g/mol. The zero-order chi connectivity index (χ0) is 32.5. The number of carbonyl (C=O) groups is 3. The number of anilines is 1. The number of benzene rings is 1. The molecule has 3 unspecified atom stereocenters. The van der Waals surface area contributed by atoms with Gasteiger partial charge in [-0.15, -0.1) is 0 Å². The van der Waals surface area contributed by atoms with Crippen molar-refractivity contribution < 1.29 is 27.6 Å². The quantitative estimate of drug-likeness (QED) is 0.465. The van der Waals surface area contributed by atoms with E-state index in [1.807, 2.05) is 37.8 Å². The number of carbonyl (C=O) groups excluding carboxylic acids is 3. The number of likely N-dealkylation sites (tertiary alicyclic amines) is 3. The average molecular weight is 649 g/mol. The molecule has 3 fully saturated rings. The molecule has 1 N–H and O–H groups in total. The Morgan fingerprint density at radius 3 is 2.36 bits per heavy atom. The number of hydrogen-bond acceptors (Lipinski definition) is 5. The number of halogens is 4. The number of alkyl halides is 3. The van der Waals surface area contributed by atoms with E-state index in [9.17, 15) is 27.6 Å². The number of amides is 4. The van der Waals surface area contributed by atoms with Gasteiger partial charge in [-0.3, -0.25) is 19.5 Å². The molecule has 3 aliphatic rings. The molecule has 4 amide bonds. The van der Waals surface area contributed by atoms with Crippen molar-refractivity contribution in [3.8, 4) is 0 Å². The second-order valence-electron chi connectivity index (χ2n) is 12.6. The van der Waals surface area contributed by atoms with Crippen molar-refractivity contribution in [2.24, 2.45) is 11.8 Å². The van der Waals surface area contributed by atoms with Crippen molar-refractivity contribution >= 4 is 35.1 Å². The first-order valence-electron chi connectivity index (χ1n) is 15.5. The van der Waals surface area contributed by atoms with Gasteiger partial charge in [0.2, 0.25) is 0 Å². The van der Waals surface area contributed by atoms with Crippen LogP contribution in [0.4, 0.5) is 23.7 Å². The van der Waals surface area contributed by atoms with E-state index in [0.29, 0.717) is 67.0 Å². The van der Waals surface area contributed by atoms with Crippen LogP contribution in [0.5, 0.6) is 0 Å². The predicted octanol–water partition coefficient (Wildman–Crippen LogP) is 4.82. The summed E-state index contributed by atoms with van der Waals surface area (Å²) in [5.41, 5.74) is 3.83. The van der Waals surface area contributed by atoms with E-state index in [4.69, 9.17) is 11.6 Å². The summed E-state index contributed by atoms with van der Waals surface area (Å²) in [6.07, 6.45) is -1.72. The van der Waals surface area contributed by atoms with Gasteiger partial charge in [-0.05, 0) is 87.7 Å². The minimum Gasteiger partial charge on any atom is -0.338 e. The molecule has 0 radical (unpaired) electrons. The number of fused-ring (bicyclic) bond motifs is 1. The number of nitrogens with zero attached hydrogens (tertiary/aromatic N) is 5. The Hall–Kier alpha value is -3.38. The Bertz CT molecular complexity index is 1410. The highest BCUT2D eigenvalue weighted by atomic mass is 35.5. The number of aromatic nitrogens is 1. The van der Waals surface area contributed by atoms with Crippen molar-refractivity contribution in [2.75, 3.05) is 57.3 Å². The molecular formula is C32H40ClF3N6O3. The fourth-order valence-electron chi connectivity index (χ4n) is 6.88. The number of urea groups is 1. The fraction of sp³-hybridized carbons (Fsp3) is 0.562. The van der Waals surface area contributed by atoms with E-state index in [1.54, 1.807) is 23.2 Å². The van der Waals surface area contributed by atoms with Gasteiger partial charge >= 0.3 is 18.1 Å². The highest BCUT2D eigenvalue weighted by molar-refractivity contribution is 6.31. The van der Waals surface area contributed by atoms with Gasteiger partial charge in [0.05, 0.1) is 11.3 Å².